The Balaban J connectivity index is 1.78. The highest BCUT2D eigenvalue weighted by Crippen LogP contribution is 2.28. The van der Waals surface area contributed by atoms with Crippen molar-refractivity contribution < 1.29 is 19.5 Å². The number of carbonyl (C=O) groups excluding carboxylic acids is 2. The molecule has 0 aromatic heterocycles. The molecule has 0 fully saturated rings. The van der Waals surface area contributed by atoms with Crippen LogP contribution >= 0.6 is 0 Å². The molecule has 2 aromatic rings. The number of para-hydroxylation sites is 1. The molecule has 0 saturated heterocycles. The maximum absolute atomic E-state index is 12.7. The quantitative estimate of drug-likeness (QED) is 0.689. The van der Waals surface area contributed by atoms with Crippen molar-refractivity contribution in [3.05, 3.63) is 71.8 Å². The average Bonchev–Trinajstić information content (AvgIpc) is 2.68. The van der Waals surface area contributed by atoms with Crippen LogP contribution in [0.25, 0.3) is 0 Å². The molecule has 1 aliphatic carbocycles. The van der Waals surface area contributed by atoms with Gasteiger partial charge >= 0.3 is 5.97 Å². The van der Waals surface area contributed by atoms with Crippen LogP contribution in [0.4, 0.5) is 11.4 Å². The predicted molar refractivity (Wildman–Crippen MR) is 107 cm³/mol. The summed E-state index contributed by atoms with van der Waals surface area (Å²) in [6.07, 6.45) is 4.29. The van der Waals surface area contributed by atoms with Gasteiger partial charge in [-0.05, 0) is 49.6 Å². The SMILES string of the molecule is Cc1cccc(NC(=O)c2ccccc2NC(=O)[C@@H]2CC=CC[C@H]2C(=O)O)c1. The second-order valence-electron chi connectivity index (χ2n) is 6.85. The lowest BCUT2D eigenvalue weighted by Gasteiger charge is -2.24. The Hall–Kier alpha value is -3.41. The fourth-order valence-electron chi connectivity index (χ4n) is 3.31. The van der Waals surface area contributed by atoms with Crippen molar-refractivity contribution in [2.45, 2.75) is 19.8 Å². The van der Waals surface area contributed by atoms with Gasteiger partial charge < -0.3 is 15.7 Å². The van der Waals surface area contributed by atoms with Crippen molar-refractivity contribution in [2.75, 3.05) is 10.6 Å². The molecular formula is C22H22N2O4. The molecule has 28 heavy (non-hydrogen) atoms. The van der Waals surface area contributed by atoms with Crippen molar-refractivity contribution in [2.24, 2.45) is 11.8 Å². The molecule has 2 atom stereocenters. The third kappa shape index (κ3) is 4.46. The molecule has 0 saturated carbocycles. The zero-order valence-corrected chi connectivity index (χ0v) is 15.5. The van der Waals surface area contributed by atoms with Crippen molar-refractivity contribution in [1.29, 1.82) is 0 Å². The minimum atomic E-state index is -0.991. The average molecular weight is 378 g/mol. The topological polar surface area (TPSA) is 95.5 Å². The van der Waals surface area contributed by atoms with Gasteiger partial charge in [0.2, 0.25) is 5.91 Å². The zero-order valence-electron chi connectivity index (χ0n) is 15.5. The Morgan fingerprint density at radius 3 is 2.36 bits per heavy atom. The highest BCUT2D eigenvalue weighted by atomic mass is 16.4. The van der Waals surface area contributed by atoms with E-state index in [2.05, 4.69) is 10.6 Å². The highest BCUT2D eigenvalue weighted by molar-refractivity contribution is 6.10. The minimum Gasteiger partial charge on any atom is -0.481 e. The van der Waals surface area contributed by atoms with Gasteiger partial charge in [-0.15, -0.1) is 0 Å². The van der Waals surface area contributed by atoms with Gasteiger partial charge in [0.1, 0.15) is 0 Å². The van der Waals surface area contributed by atoms with E-state index in [9.17, 15) is 19.5 Å². The summed E-state index contributed by atoms with van der Waals surface area (Å²) in [6.45, 7) is 1.93. The van der Waals surface area contributed by atoms with E-state index in [-0.39, 0.29) is 5.91 Å². The number of hydrogen-bond donors (Lipinski definition) is 3. The normalized spacial score (nSPS) is 18.3. The molecule has 3 N–H and O–H groups in total. The number of hydrogen-bond acceptors (Lipinski definition) is 3. The standard InChI is InChI=1S/C22H22N2O4/c1-14-7-6-8-15(13-14)23-21(26)18-11-4-5-12-19(18)24-20(25)16-9-2-3-10-17(16)22(27)28/h2-8,11-13,16-17H,9-10H2,1H3,(H,23,26)(H,24,25)(H,27,28)/t16-,17-/m1/s1. The van der Waals surface area contributed by atoms with E-state index >= 15 is 0 Å². The molecule has 1 aliphatic rings. The third-order valence-electron chi connectivity index (χ3n) is 4.79. The summed E-state index contributed by atoms with van der Waals surface area (Å²) in [4.78, 5) is 36.9. The van der Waals surface area contributed by atoms with Gasteiger partial charge in [-0.25, -0.2) is 0 Å². The van der Waals surface area contributed by atoms with Crippen molar-refractivity contribution >= 4 is 29.2 Å². The molecule has 6 nitrogen and oxygen atoms in total. The van der Waals surface area contributed by atoms with E-state index in [1.807, 2.05) is 31.2 Å². The van der Waals surface area contributed by atoms with E-state index in [1.165, 1.54) is 0 Å². The molecule has 0 heterocycles. The van der Waals surface area contributed by atoms with Gasteiger partial charge in [0.15, 0.2) is 0 Å². The largest absolute Gasteiger partial charge is 0.481 e. The molecule has 2 aromatic carbocycles. The van der Waals surface area contributed by atoms with E-state index in [1.54, 1.807) is 36.4 Å². The number of nitrogens with one attached hydrogen (secondary N) is 2. The van der Waals surface area contributed by atoms with Gasteiger partial charge in [-0.3, -0.25) is 14.4 Å². The first-order valence-electron chi connectivity index (χ1n) is 9.11. The van der Waals surface area contributed by atoms with Crippen LogP contribution in [-0.4, -0.2) is 22.9 Å². The molecule has 0 spiro atoms. The van der Waals surface area contributed by atoms with Crippen LogP contribution in [0, 0.1) is 18.8 Å². The predicted octanol–water partition coefficient (Wildman–Crippen LogP) is 3.85. The molecule has 0 bridgehead atoms. The first kappa shape index (κ1) is 19.4. The third-order valence-corrected chi connectivity index (χ3v) is 4.79. The molecule has 3 rings (SSSR count). The monoisotopic (exact) mass is 378 g/mol. The van der Waals surface area contributed by atoms with Crippen LogP contribution < -0.4 is 10.6 Å². The maximum atomic E-state index is 12.7. The van der Waals surface area contributed by atoms with Crippen LogP contribution in [0.3, 0.4) is 0 Å². The summed E-state index contributed by atoms with van der Waals surface area (Å²) < 4.78 is 0. The number of allylic oxidation sites excluding steroid dienone is 2. The fourth-order valence-corrected chi connectivity index (χ4v) is 3.31. The number of aryl methyl sites for hydroxylation is 1. The highest BCUT2D eigenvalue weighted by Gasteiger charge is 2.34. The van der Waals surface area contributed by atoms with Gasteiger partial charge in [-0.1, -0.05) is 36.4 Å². The van der Waals surface area contributed by atoms with Crippen molar-refractivity contribution in [3.63, 3.8) is 0 Å². The molecular weight excluding hydrogens is 356 g/mol. The lowest BCUT2D eigenvalue weighted by Crippen LogP contribution is -2.35. The van der Waals surface area contributed by atoms with Gasteiger partial charge in [-0.2, -0.15) is 0 Å². The van der Waals surface area contributed by atoms with Crippen LogP contribution in [0.15, 0.2) is 60.7 Å². The first-order chi connectivity index (χ1) is 13.5. The maximum Gasteiger partial charge on any atom is 0.307 e. The Morgan fingerprint density at radius 1 is 0.929 bits per heavy atom. The zero-order chi connectivity index (χ0) is 20.1. The molecule has 0 radical (unpaired) electrons. The van der Waals surface area contributed by atoms with Gasteiger partial charge in [0, 0.05) is 5.69 Å². The second kappa shape index (κ2) is 8.52. The number of aliphatic carboxylic acids is 1. The molecule has 6 heteroatoms. The second-order valence-corrected chi connectivity index (χ2v) is 6.85. The summed E-state index contributed by atoms with van der Waals surface area (Å²) in [5, 5.41) is 14.9. The summed E-state index contributed by atoms with van der Waals surface area (Å²) in [5.74, 6) is -3.17. The Labute approximate surface area is 163 Å². The lowest BCUT2D eigenvalue weighted by molar-refractivity contribution is -0.146. The van der Waals surface area contributed by atoms with Crippen molar-refractivity contribution in [1.82, 2.24) is 0 Å². The fraction of sp³-hybridized carbons (Fsp3) is 0.227. The van der Waals surface area contributed by atoms with Gasteiger partial charge in [0.05, 0.1) is 23.1 Å². The smallest absolute Gasteiger partial charge is 0.307 e. The lowest BCUT2D eigenvalue weighted by atomic mass is 9.82. The number of carboxylic acid groups (broad SMARTS) is 1. The summed E-state index contributed by atoms with van der Waals surface area (Å²) in [5.41, 5.74) is 2.35. The molecule has 2 amide bonds. The number of benzene rings is 2. The van der Waals surface area contributed by atoms with Crippen LogP contribution in [0.1, 0.15) is 28.8 Å². The van der Waals surface area contributed by atoms with Gasteiger partial charge in [0.25, 0.3) is 5.91 Å². The van der Waals surface area contributed by atoms with E-state index in [0.717, 1.165) is 5.56 Å². The van der Waals surface area contributed by atoms with Crippen LogP contribution in [0.5, 0.6) is 0 Å². The molecule has 144 valence electrons. The number of anilines is 2. The number of amides is 2. The molecule has 0 unspecified atom stereocenters. The Morgan fingerprint density at radius 2 is 1.64 bits per heavy atom. The summed E-state index contributed by atoms with van der Waals surface area (Å²) in [7, 11) is 0. The first-order valence-corrected chi connectivity index (χ1v) is 9.11. The molecule has 0 aliphatic heterocycles. The summed E-state index contributed by atoms with van der Waals surface area (Å²) in [6, 6.07) is 14.1. The number of carbonyl (C=O) groups is 3. The minimum absolute atomic E-state index is 0.315. The number of carboxylic acids is 1. The number of rotatable bonds is 5. The van der Waals surface area contributed by atoms with E-state index in [4.69, 9.17) is 0 Å². The van der Waals surface area contributed by atoms with Crippen molar-refractivity contribution in [3.8, 4) is 0 Å². The Bertz CT molecular complexity index is 936. The Kier molecular flexibility index (Phi) is 5.89. The summed E-state index contributed by atoms with van der Waals surface area (Å²) >= 11 is 0. The van der Waals surface area contributed by atoms with Crippen LogP contribution in [0.2, 0.25) is 0 Å². The van der Waals surface area contributed by atoms with E-state index < -0.39 is 23.7 Å². The van der Waals surface area contributed by atoms with Crippen LogP contribution in [-0.2, 0) is 9.59 Å². The van der Waals surface area contributed by atoms with E-state index in [0.29, 0.717) is 29.8 Å².